The van der Waals surface area contributed by atoms with Crippen molar-refractivity contribution in [3.63, 3.8) is 0 Å². The lowest BCUT2D eigenvalue weighted by Crippen LogP contribution is -2.51. The quantitative estimate of drug-likeness (QED) is 0.759. The third-order valence-corrected chi connectivity index (χ3v) is 7.34. The van der Waals surface area contributed by atoms with Crippen molar-refractivity contribution in [1.29, 1.82) is 0 Å². The molecule has 1 saturated heterocycles. The maximum Gasteiger partial charge on any atom is 0.226 e. The van der Waals surface area contributed by atoms with Crippen LogP contribution in [0, 0.1) is 5.92 Å². The monoisotopic (exact) mass is 407 g/mol. The van der Waals surface area contributed by atoms with Crippen molar-refractivity contribution in [2.75, 3.05) is 13.2 Å². The maximum atomic E-state index is 13.0. The van der Waals surface area contributed by atoms with E-state index in [-0.39, 0.29) is 17.9 Å². The van der Waals surface area contributed by atoms with Gasteiger partial charge in [-0.05, 0) is 68.9 Å². The van der Waals surface area contributed by atoms with E-state index in [9.17, 15) is 4.79 Å². The molecule has 1 N–H and O–H groups in total. The number of aromatic nitrogens is 2. The molecular formula is C25H33N3O2. The lowest BCUT2D eigenvalue weighted by atomic mass is 9.82. The van der Waals surface area contributed by atoms with Crippen LogP contribution in [0.25, 0.3) is 0 Å². The van der Waals surface area contributed by atoms with Crippen molar-refractivity contribution in [3.05, 3.63) is 53.9 Å². The van der Waals surface area contributed by atoms with Gasteiger partial charge in [0, 0.05) is 24.6 Å². The fourth-order valence-corrected chi connectivity index (χ4v) is 5.45. The summed E-state index contributed by atoms with van der Waals surface area (Å²) in [5.41, 5.74) is 2.53. The molecule has 2 heterocycles. The van der Waals surface area contributed by atoms with E-state index in [1.807, 2.05) is 6.20 Å². The minimum absolute atomic E-state index is 0.113. The molecule has 0 unspecified atom stereocenters. The number of likely N-dealkylation sites (tertiary alicyclic amines) is 1. The van der Waals surface area contributed by atoms with Crippen molar-refractivity contribution in [3.8, 4) is 0 Å². The van der Waals surface area contributed by atoms with E-state index in [0.717, 1.165) is 50.8 Å². The second-order valence-electron chi connectivity index (χ2n) is 9.34. The third kappa shape index (κ3) is 4.31. The molecule has 2 aromatic rings. The van der Waals surface area contributed by atoms with Gasteiger partial charge in [-0.25, -0.2) is 0 Å². The number of benzene rings is 1. The van der Waals surface area contributed by atoms with E-state index in [1.165, 1.54) is 18.4 Å². The number of ether oxygens (including phenoxy) is 1. The largest absolute Gasteiger partial charge is 0.376 e. The molecule has 3 aliphatic rings. The van der Waals surface area contributed by atoms with E-state index in [0.29, 0.717) is 24.5 Å². The predicted molar refractivity (Wildman–Crippen MR) is 116 cm³/mol. The number of carbonyl (C=O) groups excluding carboxylic acids is 1. The Bertz CT molecular complexity index is 810. The van der Waals surface area contributed by atoms with Gasteiger partial charge < -0.3 is 9.64 Å². The normalized spacial score (nSPS) is 29.7. The zero-order valence-electron chi connectivity index (χ0n) is 17.7. The Kier molecular flexibility index (Phi) is 5.89. The van der Waals surface area contributed by atoms with Crippen LogP contribution in [-0.2, 0) is 9.53 Å². The van der Waals surface area contributed by atoms with E-state index < -0.39 is 0 Å². The first-order valence-electron chi connectivity index (χ1n) is 11.8. The van der Waals surface area contributed by atoms with Crippen LogP contribution < -0.4 is 0 Å². The molecule has 30 heavy (non-hydrogen) atoms. The Hall–Kier alpha value is -2.14. The highest BCUT2D eigenvalue weighted by molar-refractivity contribution is 5.81. The molecule has 1 amide bonds. The van der Waals surface area contributed by atoms with E-state index in [1.54, 1.807) is 0 Å². The number of hydrogen-bond acceptors (Lipinski definition) is 3. The van der Waals surface area contributed by atoms with Gasteiger partial charge >= 0.3 is 0 Å². The summed E-state index contributed by atoms with van der Waals surface area (Å²) in [4.78, 5) is 15.1. The molecule has 1 aromatic carbocycles. The van der Waals surface area contributed by atoms with Crippen LogP contribution in [0.4, 0.5) is 0 Å². The lowest BCUT2D eigenvalue weighted by Gasteiger charge is -2.42. The summed E-state index contributed by atoms with van der Waals surface area (Å²) in [5.74, 6) is 1.53. The average Bonchev–Trinajstić information content (AvgIpc) is 3.52. The standard InChI is InChI=1S/C25H33N3O2/c29-25(20-8-9-20)28-16-4-7-22(23-14-15-26-27-23)24(28)17-30-21-12-10-19(11-13-21)18-5-2-1-3-6-18/h1-3,5-6,14-15,19-22,24H,4,7-13,16-17H2,(H,26,27)/t19-,21+,22-,24+/m1/s1. The van der Waals surface area contributed by atoms with Crippen molar-refractivity contribution >= 4 is 5.91 Å². The molecule has 5 nitrogen and oxygen atoms in total. The molecule has 2 aliphatic carbocycles. The number of aromatic amines is 1. The number of nitrogens with zero attached hydrogens (tertiary/aromatic N) is 2. The predicted octanol–water partition coefficient (Wildman–Crippen LogP) is 4.64. The van der Waals surface area contributed by atoms with Crippen molar-refractivity contribution in [1.82, 2.24) is 15.1 Å². The van der Waals surface area contributed by atoms with Crippen LogP contribution in [0.3, 0.4) is 0 Å². The zero-order valence-corrected chi connectivity index (χ0v) is 17.7. The van der Waals surface area contributed by atoms with Gasteiger partial charge in [0.05, 0.1) is 24.4 Å². The van der Waals surface area contributed by atoms with Gasteiger partial charge in [0.15, 0.2) is 0 Å². The molecule has 0 bridgehead atoms. The van der Waals surface area contributed by atoms with Crippen molar-refractivity contribution < 1.29 is 9.53 Å². The first-order valence-corrected chi connectivity index (χ1v) is 11.8. The summed E-state index contributed by atoms with van der Waals surface area (Å²) in [6.45, 7) is 1.50. The molecule has 0 spiro atoms. The highest BCUT2D eigenvalue weighted by atomic mass is 16.5. The summed E-state index contributed by atoms with van der Waals surface area (Å²) in [6, 6.07) is 13.1. The molecule has 2 saturated carbocycles. The molecule has 1 aromatic heterocycles. The van der Waals surface area contributed by atoms with Crippen LogP contribution in [-0.4, -0.2) is 46.3 Å². The number of hydrogen-bond donors (Lipinski definition) is 1. The van der Waals surface area contributed by atoms with Gasteiger partial charge in [0.2, 0.25) is 5.91 Å². The molecule has 5 heteroatoms. The fourth-order valence-electron chi connectivity index (χ4n) is 5.45. The van der Waals surface area contributed by atoms with Crippen LogP contribution in [0.5, 0.6) is 0 Å². The van der Waals surface area contributed by atoms with Gasteiger partial charge in [-0.2, -0.15) is 5.10 Å². The summed E-state index contributed by atoms with van der Waals surface area (Å²) >= 11 is 0. The number of piperidine rings is 1. The van der Waals surface area contributed by atoms with E-state index >= 15 is 0 Å². The average molecular weight is 408 g/mol. The third-order valence-electron chi connectivity index (χ3n) is 7.34. The summed E-state index contributed by atoms with van der Waals surface area (Å²) in [6.07, 6.45) is 11.0. The van der Waals surface area contributed by atoms with Gasteiger partial charge in [0.25, 0.3) is 0 Å². The Morgan fingerprint density at radius 1 is 1.03 bits per heavy atom. The Balaban J connectivity index is 1.22. The molecule has 2 atom stereocenters. The molecule has 5 rings (SSSR count). The topological polar surface area (TPSA) is 58.2 Å². The van der Waals surface area contributed by atoms with Gasteiger partial charge in [-0.15, -0.1) is 0 Å². The summed E-state index contributed by atoms with van der Waals surface area (Å²) < 4.78 is 6.48. The van der Waals surface area contributed by atoms with Crippen LogP contribution in [0.15, 0.2) is 42.6 Å². The number of rotatable bonds is 6. The highest BCUT2D eigenvalue weighted by Crippen LogP contribution is 2.39. The lowest BCUT2D eigenvalue weighted by molar-refractivity contribution is -0.139. The minimum Gasteiger partial charge on any atom is -0.376 e. The molecule has 0 radical (unpaired) electrons. The number of carbonyl (C=O) groups is 1. The molecule has 3 fully saturated rings. The van der Waals surface area contributed by atoms with Gasteiger partial charge in [-0.3, -0.25) is 9.89 Å². The first kappa shape index (κ1) is 19.8. The zero-order chi connectivity index (χ0) is 20.3. The van der Waals surface area contributed by atoms with E-state index in [4.69, 9.17) is 4.74 Å². The Morgan fingerprint density at radius 3 is 2.53 bits per heavy atom. The maximum absolute atomic E-state index is 13.0. The SMILES string of the molecule is O=C(C1CC1)N1CCC[C@H](c2cc[nH]n2)[C@@H]1CO[C@H]1CC[C@@H](c2ccccc2)CC1. The highest BCUT2D eigenvalue weighted by Gasteiger charge is 2.42. The second kappa shape index (κ2) is 8.93. The smallest absolute Gasteiger partial charge is 0.226 e. The van der Waals surface area contributed by atoms with Gasteiger partial charge in [-0.1, -0.05) is 30.3 Å². The molecular weight excluding hydrogens is 374 g/mol. The second-order valence-corrected chi connectivity index (χ2v) is 9.34. The number of H-pyrrole nitrogens is 1. The van der Waals surface area contributed by atoms with Crippen LogP contribution in [0.2, 0.25) is 0 Å². The van der Waals surface area contributed by atoms with Crippen LogP contribution in [0.1, 0.15) is 74.5 Å². The molecule has 160 valence electrons. The first-order chi connectivity index (χ1) is 14.8. The van der Waals surface area contributed by atoms with Crippen molar-refractivity contribution in [2.45, 2.75) is 75.3 Å². The summed E-state index contributed by atoms with van der Waals surface area (Å²) in [5, 5.41) is 7.42. The Labute approximate surface area is 179 Å². The fraction of sp³-hybridized carbons (Fsp3) is 0.600. The number of amides is 1. The summed E-state index contributed by atoms with van der Waals surface area (Å²) in [7, 11) is 0. The minimum atomic E-state index is 0.113. The molecule has 1 aliphatic heterocycles. The van der Waals surface area contributed by atoms with E-state index in [2.05, 4.69) is 51.5 Å². The van der Waals surface area contributed by atoms with Gasteiger partial charge in [0.1, 0.15) is 0 Å². The Morgan fingerprint density at radius 2 is 1.83 bits per heavy atom. The van der Waals surface area contributed by atoms with Crippen molar-refractivity contribution in [2.24, 2.45) is 5.92 Å². The van der Waals surface area contributed by atoms with Crippen LogP contribution >= 0.6 is 0 Å². The number of nitrogens with one attached hydrogen (secondary N) is 1.